The molecule has 1 fully saturated rings. The Morgan fingerprint density at radius 2 is 1.67 bits per heavy atom. The lowest BCUT2D eigenvalue weighted by atomic mass is 10.0. The van der Waals surface area contributed by atoms with Gasteiger partial charge in [0.1, 0.15) is 0 Å². The molecule has 0 saturated carbocycles. The molecule has 4 aromatic rings. The molecule has 7 heteroatoms. The molecule has 0 unspecified atom stereocenters. The standard InChI is InChI=1S/C29H34ClN5O/c1-3-4-11-35-21-26(24-17-31-29(36-2)32-18-24)25-16-22(9-10-28(25)35)19-33-12-14-34(15-13-33)20-23-7-5-6-8-27(23)30/h5-10,16-18,21H,3-4,11-15,19-20H2,1-2H3. The first kappa shape index (κ1) is 24.8. The Bertz CT molecular complexity index is 1300. The second-order valence-electron chi connectivity index (χ2n) is 9.54. The van der Waals surface area contributed by atoms with E-state index in [9.17, 15) is 0 Å². The van der Waals surface area contributed by atoms with Crippen LogP contribution in [0.4, 0.5) is 0 Å². The molecular formula is C29H34ClN5O. The molecule has 0 atom stereocenters. The van der Waals surface area contributed by atoms with Gasteiger partial charge in [-0.2, -0.15) is 0 Å². The Labute approximate surface area is 218 Å². The number of aromatic nitrogens is 3. The van der Waals surface area contributed by atoms with E-state index in [1.807, 2.05) is 24.5 Å². The Morgan fingerprint density at radius 3 is 2.36 bits per heavy atom. The van der Waals surface area contributed by atoms with Crippen molar-refractivity contribution in [2.24, 2.45) is 0 Å². The van der Waals surface area contributed by atoms with Crippen LogP contribution >= 0.6 is 11.6 Å². The summed E-state index contributed by atoms with van der Waals surface area (Å²) in [5.74, 6) is 0. The average Bonchev–Trinajstić information content (AvgIpc) is 3.27. The van der Waals surface area contributed by atoms with E-state index in [1.54, 1.807) is 7.11 Å². The molecule has 3 heterocycles. The summed E-state index contributed by atoms with van der Waals surface area (Å²) in [6, 6.07) is 15.5. The summed E-state index contributed by atoms with van der Waals surface area (Å²) in [5.41, 5.74) is 6.01. The molecule has 188 valence electrons. The summed E-state index contributed by atoms with van der Waals surface area (Å²) in [7, 11) is 1.59. The maximum atomic E-state index is 6.38. The molecule has 0 spiro atoms. The van der Waals surface area contributed by atoms with Crippen LogP contribution in [-0.4, -0.2) is 57.6 Å². The third-order valence-electron chi connectivity index (χ3n) is 7.04. The normalized spacial score (nSPS) is 15.0. The number of hydrogen-bond acceptors (Lipinski definition) is 5. The fraction of sp³-hybridized carbons (Fsp3) is 0.379. The number of halogens is 1. The van der Waals surface area contributed by atoms with Gasteiger partial charge in [0, 0.05) is 91.5 Å². The predicted octanol–water partition coefficient (Wildman–Crippen LogP) is 5.88. The van der Waals surface area contributed by atoms with Crippen molar-refractivity contribution < 1.29 is 4.74 Å². The monoisotopic (exact) mass is 503 g/mol. The van der Waals surface area contributed by atoms with Crippen LogP contribution in [0.2, 0.25) is 5.02 Å². The maximum Gasteiger partial charge on any atom is 0.316 e. The maximum absolute atomic E-state index is 6.38. The second-order valence-corrected chi connectivity index (χ2v) is 9.95. The summed E-state index contributed by atoms with van der Waals surface area (Å²) < 4.78 is 7.53. The van der Waals surface area contributed by atoms with E-state index in [4.69, 9.17) is 16.3 Å². The highest BCUT2D eigenvalue weighted by Crippen LogP contribution is 2.32. The van der Waals surface area contributed by atoms with E-state index in [1.165, 1.54) is 34.0 Å². The number of methoxy groups -OCH3 is 1. The van der Waals surface area contributed by atoms with Gasteiger partial charge in [-0.3, -0.25) is 9.80 Å². The van der Waals surface area contributed by atoms with Crippen LogP contribution in [0.25, 0.3) is 22.0 Å². The molecule has 36 heavy (non-hydrogen) atoms. The van der Waals surface area contributed by atoms with Gasteiger partial charge in [-0.1, -0.05) is 49.2 Å². The topological polar surface area (TPSA) is 46.4 Å². The molecule has 1 aliphatic rings. The molecule has 1 aliphatic heterocycles. The average molecular weight is 504 g/mol. The Kier molecular flexibility index (Phi) is 7.85. The molecular weight excluding hydrogens is 470 g/mol. The minimum atomic E-state index is 0.392. The van der Waals surface area contributed by atoms with E-state index >= 15 is 0 Å². The van der Waals surface area contributed by atoms with E-state index in [-0.39, 0.29) is 0 Å². The minimum absolute atomic E-state index is 0.392. The Morgan fingerprint density at radius 1 is 0.944 bits per heavy atom. The molecule has 5 rings (SSSR count). The van der Waals surface area contributed by atoms with E-state index in [0.29, 0.717) is 6.01 Å². The smallest absolute Gasteiger partial charge is 0.316 e. The van der Waals surface area contributed by atoms with Crippen LogP contribution in [0.1, 0.15) is 30.9 Å². The number of piperazine rings is 1. The van der Waals surface area contributed by atoms with Crippen LogP contribution < -0.4 is 4.74 Å². The van der Waals surface area contributed by atoms with Crippen molar-refractivity contribution in [2.75, 3.05) is 33.3 Å². The van der Waals surface area contributed by atoms with Crippen LogP contribution in [0.5, 0.6) is 6.01 Å². The van der Waals surface area contributed by atoms with Gasteiger partial charge in [0.05, 0.1) is 7.11 Å². The third-order valence-corrected chi connectivity index (χ3v) is 7.41. The summed E-state index contributed by atoms with van der Waals surface area (Å²) >= 11 is 6.38. The molecule has 0 N–H and O–H groups in total. The lowest BCUT2D eigenvalue weighted by molar-refractivity contribution is 0.122. The Balaban J connectivity index is 1.32. The lowest BCUT2D eigenvalue weighted by Gasteiger charge is -2.35. The summed E-state index contributed by atoms with van der Waals surface area (Å²) in [6.45, 7) is 9.32. The number of unbranched alkanes of at least 4 members (excludes halogenated alkanes) is 1. The number of benzene rings is 2. The van der Waals surface area contributed by atoms with Crippen LogP contribution in [0, 0.1) is 0 Å². The summed E-state index contributed by atoms with van der Waals surface area (Å²) in [4.78, 5) is 13.7. The summed E-state index contributed by atoms with van der Waals surface area (Å²) in [6.07, 6.45) is 8.29. The van der Waals surface area contributed by atoms with E-state index in [2.05, 4.69) is 67.8 Å². The second kappa shape index (κ2) is 11.4. The largest absolute Gasteiger partial charge is 0.467 e. The molecule has 0 aliphatic carbocycles. The molecule has 0 radical (unpaired) electrons. The van der Waals surface area contributed by atoms with Gasteiger partial charge < -0.3 is 9.30 Å². The van der Waals surface area contributed by atoms with Gasteiger partial charge in [0.15, 0.2) is 0 Å². The third kappa shape index (κ3) is 5.56. The first-order valence-corrected chi connectivity index (χ1v) is 13.2. The summed E-state index contributed by atoms with van der Waals surface area (Å²) in [5, 5.41) is 2.12. The highest BCUT2D eigenvalue weighted by atomic mass is 35.5. The fourth-order valence-corrected chi connectivity index (χ4v) is 5.17. The number of hydrogen-bond donors (Lipinski definition) is 0. The molecule has 2 aromatic carbocycles. The van der Waals surface area contributed by atoms with Gasteiger partial charge in [-0.05, 0) is 35.7 Å². The van der Waals surface area contributed by atoms with Crippen molar-refractivity contribution in [3.8, 4) is 17.1 Å². The number of fused-ring (bicyclic) bond motifs is 1. The van der Waals surface area contributed by atoms with E-state index in [0.717, 1.165) is 62.8 Å². The number of nitrogens with zero attached hydrogens (tertiary/aromatic N) is 5. The first-order chi connectivity index (χ1) is 17.6. The first-order valence-electron chi connectivity index (χ1n) is 12.8. The minimum Gasteiger partial charge on any atom is -0.467 e. The zero-order valence-electron chi connectivity index (χ0n) is 21.2. The van der Waals surface area contributed by atoms with Gasteiger partial charge in [0.2, 0.25) is 0 Å². The van der Waals surface area contributed by atoms with Crippen molar-refractivity contribution in [3.63, 3.8) is 0 Å². The zero-order chi connectivity index (χ0) is 24.9. The van der Waals surface area contributed by atoms with Crippen LogP contribution in [-0.2, 0) is 19.6 Å². The Hall–Kier alpha value is -2.93. The van der Waals surface area contributed by atoms with Gasteiger partial charge in [-0.15, -0.1) is 0 Å². The fourth-order valence-electron chi connectivity index (χ4n) is 4.98. The molecule has 0 amide bonds. The molecule has 1 saturated heterocycles. The van der Waals surface area contributed by atoms with Crippen molar-refractivity contribution in [1.29, 1.82) is 0 Å². The van der Waals surface area contributed by atoms with Gasteiger partial charge >= 0.3 is 6.01 Å². The number of ether oxygens (including phenoxy) is 1. The van der Waals surface area contributed by atoms with Gasteiger partial charge in [0.25, 0.3) is 0 Å². The highest BCUT2D eigenvalue weighted by Gasteiger charge is 2.19. The zero-order valence-corrected chi connectivity index (χ0v) is 21.9. The van der Waals surface area contributed by atoms with Crippen molar-refractivity contribution in [1.82, 2.24) is 24.3 Å². The number of aryl methyl sites for hydroxylation is 1. The molecule has 0 bridgehead atoms. The van der Waals surface area contributed by atoms with Crippen molar-refractivity contribution >= 4 is 22.5 Å². The van der Waals surface area contributed by atoms with Crippen molar-refractivity contribution in [2.45, 2.75) is 39.4 Å². The van der Waals surface area contributed by atoms with Gasteiger partial charge in [-0.25, -0.2) is 9.97 Å². The molecule has 2 aromatic heterocycles. The van der Waals surface area contributed by atoms with Crippen LogP contribution in [0.3, 0.4) is 0 Å². The lowest BCUT2D eigenvalue weighted by Crippen LogP contribution is -2.45. The highest BCUT2D eigenvalue weighted by molar-refractivity contribution is 6.31. The van der Waals surface area contributed by atoms with Crippen LogP contribution in [0.15, 0.2) is 61.1 Å². The van der Waals surface area contributed by atoms with Crippen molar-refractivity contribution in [3.05, 3.63) is 77.2 Å². The van der Waals surface area contributed by atoms with E-state index < -0.39 is 0 Å². The quantitative estimate of drug-likeness (QED) is 0.285. The molecule has 6 nitrogen and oxygen atoms in total. The SMILES string of the molecule is CCCCn1cc(-c2cnc(OC)nc2)c2cc(CN3CCN(Cc4ccccc4Cl)CC3)ccc21. The number of rotatable bonds is 9. The predicted molar refractivity (Wildman–Crippen MR) is 146 cm³/mol.